The Balaban J connectivity index is 1.82. The van der Waals surface area contributed by atoms with E-state index in [1.807, 2.05) is 27.5 Å². The molecule has 2 amide bonds. The molecule has 0 N–H and O–H groups in total. The number of hydrogen-bond donors (Lipinski definition) is 0. The number of aromatic nitrogens is 2. The van der Waals surface area contributed by atoms with E-state index in [-0.39, 0.29) is 23.8 Å². The number of hydrogen-bond acceptors (Lipinski definition) is 3. The number of carbonyl (C=O) groups excluding carboxylic acids is 2. The van der Waals surface area contributed by atoms with Crippen molar-refractivity contribution >= 4 is 11.8 Å². The van der Waals surface area contributed by atoms with E-state index in [0.717, 1.165) is 37.9 Å². The number of carbonyl (C=O) groups is 2. The lowest BCUT2D eigenvalue weighted by molar-refractivity contribution is -0.139. The van der Waals surface area contributed by atoms with Crippen molar-refractivity contribution in [3.05, 3.63) is 17.5 Å². The summed E-state index contributed by atoms with van der Waals surface area (Å²) >= 11 is 0. The maximum absolute atomic E-state index is 13.3. The number of aryl methyl sites for hydroxylation is 1. The molecule has 0 unspecified atom stereocenters. The zero-order valence-electron chi connectivity index (χ0n) is 16.6. The average Bonchev–Trinajstić information content (AvgIpc) is 2.80. The summed E-state index contributed by atoms with van der Waals surface area (Å²) in [5.74, 6) is 0.727. The largest absolute Gasteiger partial charge is 0.338 e. The lowest BCUT2D eigenvalue weighted by atomic mass is 9.94. The van der Waals surface area contributed by atoms with Gasteiger partial charge in [-0.25, -0.2) is 0 Å². The Bertz CT molecular complexity index is 667. The molecule has 1 aromatic rings. The van der Waals surface area contributed by atoms with Gasteiger partial charge < -0.3 is 9.80 Å². The van der Waals surface area contributed by atoms with Crippen LogP contribution in [0.3, 0.4) is 0 Å². The van der Waals surface area contributed by atoms with Crippen LogP contribution in [0.1, 0.15) is 63.1 Å². The zero-order chi connectivity index (χ0) is 18.8. The van der Waals surface area contributed by atoms with Gasteiger partial charge in [0.25, 0.3) is 5.91 Å². The molecule has 3 saturated heterocycles. The van der Waals surface area contributed by atoms with Gasteiger partial charge in [0.05, 0.1) is 11.6 Å². The molecule has 0 saturated carbocycles. The van der Waals surface area contributed by atoms with Gasteiger partial charge in [0, 0.05) is 32.2 Å². The molecule has 6 nitrogen and oxygen atoms in total. The molecule has 3 aliphatic heterocycles. The molecule has 0 aromatic carbocycles. The van der Waals surface area contributed by atoms with E-state index in [2.05, 4.69) is 25.9 Å². The summed E-state index contributed by atoms with van der Waals surface area (Å²) in [7, 11) is 0. The number of nitrogens with zero attached hydrogens (tertiary/aromatic N) is 4. The van der Waals surface area contributed by atoms with Crippen molar-refractivity contribution in [3.8, 4) is 0 Å². The number of amides is 2. The van der Waals surface area contributed by atoms with Crippen molar-refractivity contribution in [2.45, 2.75) is 66.0 Å². The summed E-state index contributed by atoms with van der Waals surface area (Å²) in [5.41, 5.74) is 1.64. The average molecular weight is 361 g/mol. The molecule has 0 spiro atoms. The molecule has 6 heteroatoms. The number of rotatable bonds is 6. The molecular weight excluding hydrogens is 328 g/mol. The van der Waals surface area contributed by atoms with Crippen LogP contribution in [0.25, 0.3) is 0 Å². The van der Waals surface area contributed by atoms with Crippen LogP contribution in [0.15, 0.2) is 6.07 Å². The second-order valence-electron chi connectivity index (χ2n) is 8.10. The number of piperidine rings is 1. The SMILES string of the molecule is CCCN1C(=O)[C@H]2CC[C@@H]1CN(C(=O)c1cc(CC(C)C)nn1CC)C2. The first-order valence-corrected chi connectivity index (χ1v) is 10.1. The molecular formula is C20H32N4O2. The minimum absolute atomic E-state index is 0.0254. The number of fused-ring (bicyclic) bond motifs is 4. The molecule has 26 heavy (non-hydrogen) atoms. The Hall–Kier alpha value is -1.85. The van der Waals surface area contributed by atoms with Gasteiger partial charge in [0.1, 0.15) is 5.69 Å². The molecule has 2 atom stereocenters. The summed E-state index contributed by atoms with van der Waals surface area (Å²) in [6.45, 7) is 11.1. The highest BCUT2D eigenvalue weighted by Crippen LogP contribution is 2.30. The fourth-order valence-corrected chi connectivity index (χ4v) is 4.30. The van der Waals surface area contributed by atoms with Crippen LogP contribution in [-0.2, 0) is 17.8 Å². The predicted molar refractivity (Wildman–Crippen MR) is 101 cm³/mol. The van der Waals surface area contributed by atoms with Gasteiger partial charge in [-0.15, -0.1) is 0 Å². The van der Waals surface area contributed by atoms with Crippen LogP contribution in [-0.4, -0.2) is 57.1 Å². The lowest BCUT2D eigenvalue weighted by Crippen LogP contribution is -2.48. The third-order valence-corrected chi connectivity index (χ3v) is 5.51. The molecule has 2 bridgehead atoms. The molecule has 0 aliphatic carbocycles. The van der Waals surface area contributed by atoms with Crippen molar-refractivity contribution in [2.75, 3.05) is 19.6 Å². The molecule has 1 aromatic heterocycles. The Morgan fingerprint density at radius 3 is 2.69 bits per heavy atom. The zero-order valence-corrected chi connectivity index (χ0v) is 16.6. The van der Waals surface area contributed by atoms with Gasteiger partial charge in [0.2, 0.25) is 5.91 Å². The third-order valence-electron chi connectivity index (χ3n) is 5.51. The molecule has 144 valence electrons. The van der Waals surface area contributed by atoms with E-state index in [1.165, 1.54) is 0 Å². The summed E-state index contributed by atoms with van der Waals surface area (Å²) in [6.07, 6.45) is 3.75. The van der Waals surface area contributed by atoms with Gasteiger partial charge in [0.15, 0.2) is 0 Å². The van der Waals surface area contributed by atoms with Crippen LogP contribution >= 0.6 is 0 Å². The Labute approximate surface area is 156 Å². The van der Waals surface area contributed by atoms with Crippen LogP contribution in [0.4, 0.5) is 0 Å². The quantitative estimate of drug-likeness (QED) is 0.783. The minimum Gasteiger partial charge on any atom is -0.338 e. The van der Waals surface area contributed by atoms with E-state index in [4.69, 9.17) is 0 Å². The molecule has 0 radical (unpaired) electrons. The third kappa shape index (κ3) is 3.64. The van der Waals surface area contributed by atoms with Crippen LogP contribution in [0.2, 0.25) is 0 Å². The summed E-state index contributed by atoms with van der Waals surface area (Å²) in [4.78, 5) is 29.9. The van der Waals surface area contributed by atoms with Crippen molar-refractivity contribution in [1.29, 1.82) is 0 Å². The van der Waals surface area contributed by atoms with Crippen LogP contribution < -0.4 is 0 Å². The van der Waals surface area contributed by atoms with E-state index >= 15 is 0 Å². The van der Waals surface area contributed by atoms with E-state index in [0.29, 0.717) is 31.2 Å². The summed E-state index contributed by atoms with van der Waals surface area (Å²) in [5, 5.41) is 4.61. The highest BCUT2D eigenvalue weighted by molar-refractivity contribution is 5.93. The van der Waals surface area contributed by atoms with Gasteiger partial charge in [-0.05, 0) is 44.6 Å². The molecule has 4 heterocycles. The van der Waals surface area contributed by atoms with Crippen molar-refractivity contribution in [2.24, 2.45) is 11.8 Å². The normalized spacial score (nSPS) is 23.0. The van der Waals surface area contributed by atoms with Crippen LogP contribution in [0.5, 0.6) is 0 Å². The second kappa shape index (κ2) is 7.80. The first-order valence-electron chi connectivity index (χ1n) is 10.1. The lowest BCUT2D eigenvalue weighted by Gasteiger charge is -2.35. The Kier molecular flexibility index (Phi) is 5.68. The van der Waals surface area contributed by atoms with Gasteiger partial charge in [-0.1, -0.05) is 20.8 Å². The van der Waals surface area contributed by atoms with E-state index in [1.54, 1.807) is 0 Å². The standard InChI is InChI=1S/C20H32N4O2/c1-5-9-23-17-8-7-15(19(23)25)12-22(13-17)20(26)18-11-16(10-14(3)4)21-24(18)6-2/h11,14-15,17H,5-10,12-13H2,1-4H3/t15-,17+/m0/s1. The Morgan fingerprint density at radius 1 is 1.27 bits per heavy atom. The van der Waals surface area contributed by atoms with Crippen molar-refractivity contribution in [3.63, 3.8) is 0 Å². The highest BCUT2D eigenvalue weighted by atomic mass is 16.2. The fraction of sp³-hybridized carbons (Fsp3) is 0.750. The first-order chi connectivity index (χ1) is 12.4. The monoisotopic (exact) mass is 360 g/mol. The molecule has 3 fully saturated rings. The molecule has 4 rings (SSSR count). The van der Waals surface area contributed by atoms with Gasteiger partial charge in [-0.3, -0.25) is 14.3 Å². The minimum atomic E-state index is -0.0441. The van der Waals surface area contributed by atoms with E-state index in [9.17, 15) is 9.59 Å². The highest BCUT2D eigenvalue weighted by Gasteiger charge is 2.42. The topological polar surface area (TPSA) is 58.4 Å². The van der Waals surface area contributed by atoms with Crippen LogP contribution in [0, 0.1) is 11.8 Å². The van der Waals surface area contributed by atoms with Crippen molar-refractivity contribution < 1.29 is 9.59 Å². The summed E-state index contributed by atoms with van der Waals surface area (Å²) in [6, 6.07) is 2.11. The second-order valence-corrected chi connectivity index (χ2v) is 8.10. The predicted octanol–water partition coefficient (Wildman–Crippen LogP) is 2.57. The Morgan fingerprint density at radius 2 is 2.04 bits per heavy atom. The molecule has 3 aliphatic rings. The van der Waals surface area contributed by atoms with Gasteiger partial charge >= 0.3 is 0 Å². The smallest absolute Gasteiger partial charge is 0.272 e. The maximum atomic E-state index is 13.3. The fourth-order valence-electron chi connectivity index (χ4n) is 4.30. The first kappa shape index (κ1) is 18.9. The van der Waals surface area contributed by atoms with Crippen molar-refractivity contribution in [1.82, 2.24) is 19.6 Å². The van der Waals surface area contributed by atoms with E-state index < -0.39 is 0 Å². The maximum Gasteiger partial charge on any atom is 0.272 e. The van der Waals surface area contributed by atoms with Gasteiger partial charge in [-0.2, -0.15) is 5.10 Å². The summed E-state index contributed by atoms with van der Waals surface area (Å²) < 4.78 is 1.82.